The van der Waals surface area contributed by atoms with Crippen LogP contribution in [0.2, 0.25) is 0 Å². The summed E-state index contributed by atoms with van der Waals surface area (Å²) in [5.74, 6) is -0.183. The van der Waals surface area contributed by atoms with Gasteiger partial charge in [0, 0.05) is 19.7 Å². The van der Waals surface area contributed by atoms with Crippen LogP contribution >= 0.6 is 0 Å². The van der Waals surface area contributed by atoms with Crippen molar-refractivity contribution in [2.24, 2.45) is 5.92 Å². The molecular formula is C11H18F3NO3. The van der Waals surface area contributed by atoms with Gasteiger partial charge in [-0.25, -0.2) is 0 Å². The SMILES string of the molecule is O=C(COCC(F)(F)F)N1CCCC(CCO)C1. The molecule has 1 aliphatic heterocycles. The number of alkyl halides is 3. The topological polar surface area (TPSA) is 49.8 Å². The van der Waals surface area contributed by atoms with E-state index in [1.165, 1.54) is 4.90 Å². The summed E-state index contributed by atoms with van der Waals surface area (Å²) in [5.41, 5.74) is 0. The maximum absolute atomic E-state index is 11.8. The molecule has 0 saturated carbocycles. The summed E-state index contributed by atoms with van der Waals surface area (Å²) in [6.07, 6.45) is -2.03. The highest BCUT2D eigenvalue weighted by Crippen LogP contribution is 2.19. The molecule has 4 nitrogen and oxygen atoms in total. The van der Waals surface area contributed by atoms with Crippen molar-refractivity contribution in [3.05, 3.63) is 0 Å². The van der Waals surface area contributed by atoms with Gasteiger partial charge in [-0.15, -0.1) is 0 Å². The van der Waals surface area contributed by atoms with E-state index in [1.807, 2.05) is 0 Å². The Hall–Kier alpha value is -0.820. The van der Waals surface area contributed by atoms with Gasteiger partial charge in [-0.05, 0) is 25.2 Å². The van der Waals surface area contributed by atoms with Crippen molar-refractivity contribution in [2.45, 2.75) is 25.4 Å². The first-order valence-corrected chi connectivity index (χ1v) is 5.95. The Bertz CT molecular complexity index is 269. The number of piperidine rings is 1. The molecule has 1 atom stereocenters. The zero-order chi connectivity index (χ0) is 13.6. The molecule has 7 heteroatoms. The molecule has 1 saturated heterocycles. The van der Waals surface area contributed by atoms with E-state index in [-0.39, 0.29) is 12.5 Å². The second kappa shape index (κ2) is 6.94. The van der Waals surface area contributed by atoms with Crippen LogP contribution < -0.4 is 0 Å². The molecule has 0 radical (unpaired) electrons. The van der Waals surface area contributed by atoms with Crippen LogP contribution in [0.1, 0.15) is 19.3 Å². The minimum Gasteiger partial charge on any atom is -0.396 e. The van der Waals surface area contributed by atoms with Gasteiger partial charge in [0.25, 0.3) is 0 Å². The summed E-state index contributed by atoms with van der Waals surface area (Å²) >= 11 is 0. The van der Waals surface area contributed by atoms with Gasteiger partial charge in [-0.1, -0.05) is 0 Å². The lowest BCUT2D eigenvalue weighted by Gasteiger charge is -2.32. The second-order valence-electron chi connectivity index (χ2n) is 4.47. The second-order valence-corrected chi connectivity index (χ2v) is 4.47. The number of hydrogen-bond acceptors (Lipinski definition) is 3. The summed E-state index contributed by atoms with van der Waals surface area (Å²) in [6.45, 7) is -0.819. The standard InChI is InChI=1S/C11H18F3NO3/c12-11(13,14)8-18-7-10(17)15-4-1-2-9(6-15)3-5-16/h9,16H,1-8H2. The van der Waals surface area contributed by atoms with E-state index in [4.69, 9.17) is 5.11 Å². The molecule has 1 N–H and O–H groups in total. The Morgan fingerprint density at radius 1 is 1.44 bits per heavy atom. The van der Waals surface area contributed by atoms with Gasteiger partial charge >= 0.3 is 6.18 Å². The average molecular weight is 269 g/mol. The van der Waals surface area contributed by atoms with Crippen molar-refractivity contribution < 1.29 is 27.8 Å². The number of carbonyl (C=O) groups excluding carboxylic acids is 1. The molecule has 1 aliphatic rings. The summed E-state index contributed by atoms with van der Waals surface area (Å²) in [6, 6.07) is 0. The normalized spacial score (nSPS) is 21.1. The molecule has 0 aromatic carbocycles. The van der Waals surface area contributed by atoms with Crippen LogP contribution in [-0.4, -0.2) is 55.0 Å². The molecule has 18 heavy (non-hydrogen) atoms. The Morgan fingerprint density at radius 3 is 2.78 bits per heavy atom. The highest BCUT2D eigenvalue weighted by molar-refractivity contribution is 5.77. The monoisotopic (exact) mass is 269 g/mol. The number of halogens is 3. The average Bonchev–Trinajstić information content (AvgIpc) is 2.28. The maximum atomic E-state index is 11.8. The molecule has 0 aliphatic carbocycles. The molecule has 0 spiro atoms. The van der Waals surface area contributed by atoms with Crippen molar-refractivity contribution in [3.63, 3.8) is 0 Å². The van der Waals surface area contributed by atoms with Crippen LogP contribution in [0, 0.1) is 5.92 Å². The van der Waals surface area contributed by atoms with Crippen molar-refractivity contribution in [3.8, 4) is 0 Å². The summed E-state index contributed by atoms with van der Waals surface area (Å²) in [7, 11) is 0. The fourth-order valence-electron chi connectivity index (χ4n) is 2.06. The summed E-state index contributed by atoms with van der Waals surface area (Å²) in [4.78, 5) is 13.1. The van der Waals surface area contributed by atoms with Gasteiger partial charge in [-0.2, -0.15) is 13.2 Å². The molecule has 106 valence electrons. The number of aliphatic hydroxyl groups is 1. The zero-order valence-electron chi connectivity index (χ0n) is 10.1. The number of likely N-dealkylation sites (tertiary alicyclic amines) is 1. The summed E-state index contributed by atoms with van der Waals surface area (Å²) in [5, 5.41) is 8.82. The first-order chi connectivity index (χ1) is 8.42. The third kappa shape index (κ3) is 5.68. The number of hydrogen-bond donors (Lipinski definition) is 1. The predicted molar refractivity (Wildman–Crippen MR) is 57.9 cm³/mol. The van der Waals surface area contributed by atoms with Gasteiger partial charge < -0.3 is 14.7 Å². The minimum absolute atomic E-state index is 0.0667. The molecular weight excluding hydrogens is 251 g/mol. The van der Waals surface area contributed by atoms with E-state index < -0.39 is 25.3 Å². The van der Waals surface area contributed by atoms with Crippen LogP contribution in [0.4, 0.5) is 13.2 Å². The summed E-state index contributed by atoms with van der Waals surface area (Å²) < 4.78 is 39.8. The van der Waals surface area contributed by atoms with Gasteiger partial charge in [-0.3, -0.25) is 4.79 Å². The van der Waals surface area contributed by atoms with E-state index in [1.54, 1.807) is 0 Å². The predicted octanol–water partition coefficient (Wildman–Crippen LogP) is 1.19. The van der Waals surface area contributed by atoms with Gasteiger partial charge in [0.15, 0.2) is 0 Å². The largest absolute Gasteiger partial charge is 0.411 e. The molecule has 0 bridgehead atoms. The van der Waals surface area contributed by atoms with Crippen LogP contribution in [0.15, 0.2) is 0 Å². The maximum Gasteiger partial charge on any atom is 0.411 e. The van der Waals surface area contributed by atoms with Crippen molar-refractivity contribution in [1.29, 1.82) is 0 Å². The fourth-order valence-corrected chi connectivity index (χ4v) is 2.06. The van der Waals surface area contributed by atoms with Crippen LogP contribution in [0.5, 0.6) is 0 Å². The Labute approximate surface area is 104 Å². The van der Waals surface area contributed by atoms with Gasteiger partial charge in [0.1, 0.15) is 13.2 Å². The number of aliphatic hydroxyl groups excluding tert-OH is 1. The van der Waals surface area contributed by atoms with Crippen LogP contribution in [0.3, 0.4) is 0 Å². The minimum atomic E-state index is -4.40. The van der Waals surface area contributed by atoms with Gasteiger partial charge in [0.05, 0.1) is 0 Å². The third-order valence-corrected chi connectivity index (χ3v) is 2.90. The Kier molecular flexibility index (Phi) is 5.87. The molecule has 1 fully saturated rings. The molecule has 0 aromatic heterocycles. The number of carbonyl (C=O) groups is 1. The lowest BCUT2D eigenvalue weighted by Crippen LogP contribution is -2.42. The highest BCUT2D eigenvalue weighted by Gasteiger charge is 2.29. The van der Waals surface area contributed by atoms with Crippen molar-refractivity contribution in [1.82, 2.24) is 4.90 Å². The third-order valence-electron chi connectivity index (χ3n) is 2.90. The number of amides is 1. The molecule has 1 heterocycles. The molecule has 0 aromatic rings. The van der Waals surface area contributed by atoms with E-state index in [2.05, 4.69) is 4.74 Å². The first-order valence-electron chi connectivity index (χ1n) is 5.95. The number of nitrogens with zero attached hydrogens (tertiary/aromatic N) is 1. The Balaban J connectivity index is 2.28. The Morgan fingerprint density at radius 2 is 2.17 bits per heavy atom. The molecule has 1 rings (SSSR count). The number of ether oxygens (including phenoxy) is 1. The lowest BCUT2D eigenvalue weighted by molar-refractivity contribution is -0.178. The van der Waals surface area contributed by atoms with Crippen LogP contribution in [0.25, 0.3) is 0 Å². The zero-order valence-corrected chi connectivity index (χ0v) is 10.1. The first kappa shape index (κ1) is 15.2. The molecule has 1 amide bonds. The lowest BCUT2D eigenvalue weighted by atomic mass is 9.95. The van der Waals surface area contributed by atoms with E-state index in [9.17, 15) is 18.0 Å². The fraction of sp³-hybridized carbons (Fsp3) is 0.909. The van der Waals surface area contributed by atoms with Crippen molar-refractivity contribution in [2.75, 3.05) is 32.9 Å². The molecule has 1 unspecified atom stereocenters. The van der Waals surface area contributed by atoms with E-state index in [0.29, 0.717) is 19.5 Å². The smallest absolute Gasteiger partial charge is 0.396 e. The highest BCUT2D eigenvalue weighted by atomic mass is 19.4. The van der Waals surface area contributed by atoms with Gasteiger partial charge in [0.2, 0.25) is 5.91 Å². The van der Waals surface area contributed by atoms with Crippen LogP contribution in [-0.2, 0) is 9.53 Å². The quantitative estimate of drug-likeness (QED) is 0.815. The van der Waals surface area contributed by atoms with Crippen molar-refractivity contribution >= 4 is 5.91 Å². The van der Waals surface area contributed by atoms with E-state index >= 15 is 0 Å². The van der Waals surface area contributed by atoms with E-state index in [0.717, 1.165) is 12.8 Å². The number of rotatable bonds is 5.